The molecule has 8 fully saturated rings. The van der Waals surface area contributed by atoms with E-state index in [-0.39, 0.29) is 25.4 Å². The average Bonchev–Trinajstić information content (AvgIpc) is 0.672. The Bertz CT molecular complexity index is 2550. The number of fused-ring (bicyclic) bond motifs is 7. The summed E-state index contributed by atoms with van der Waals surface area (Å²) in [6, 6.07) is 0. The summed E-state index contributed by atoms with van der Waals surface area (Å²) < 4.78 is 60.0. The monoisotopic (exact) mass is 1230 g/mol. The minimum absolute atomic E-state index is 0.112. The molecule has 0 radical (unpaired) electrons. The van der Waals surface area contributed by atoms with Crippen LogP contribution < -0.4 is 0 Å². The Balaban J connectivity index is 1.05. The minimum atomic E-state index is -2.28. The minimum Gasteiger partial charge on any atom is -0.479 e. The van der Waals surface area contributed by atoms with Crippen LogP contribution in [0.2, 0.25) is 0 Å². The molecule has 86 heavy (non-hydrogen) atoms. The molecule has 488 valence electrons. The van der Waals surface area contributed by atoms with Crippen molar-refractivity contribution in [2.75, 3.05) is 26.4 Å². The summed E-state index contributed by atoms with van der Waals surface area (Å²) in [5, 5.41) is 145. The molecule has 4 saturated heterocycles. The lowest BCUT2D eigenvalue weighted by atomic mass is 9.33. The number of aldehydes is 1. The summed E-state index contributed by atoms with van der Waals surface area (Å²) in [7, 11) is 0. The molecule has 4 unspecified atom stereocenters. The van der Waals surface area contributed by atoms with Crippen molar-refractivity contribution in [3.05, 3.63) is 23.3 Å². The van der Waals surface area contributed by atoms with E-state index in [1.54, 1.807) is 26.8 Å². The molecule has 27 heteroatoms. The Kier molecular flexibility index (Phi) is 19.3. The molecular formula is C59H90O27. The number of ether oxygens (including phenoxy) is 10. The van der Waals surface area contributed by atoms with Gasteiger partial charge in [0.05, 0.1) is 42.9 Å². The number of esters is 2. The average molecular weight is 1230 g/mol. The van der Waals surface area contributed by atoms with E-state index in [2.05, 4.69) is 26.8 Å². The smallest absolute Gasteiger partial charge is 0.335 e. The van der Waals surface area contributed by atoms with Crippen LogP contribution in [0.3, 0.4) is 0 Å². The quantitative estimate of drug-likeness (QED) is 0.0277. The molecule has 27 nitrogen and oxygen atoms in total. The van der Waals surface area contributed by atoms with Crippen molar-refractivity contribution in [3.63, 3.8) is 0 Å². The van der Waals surface area contributed by atoms with Gasteiger partial charge in [-0.05, 0) is 92.8 Å². The Morgan fingerprint density at radius 1 is 0.686 bits per heavy atom. The van der Waals surface area contributed by atoms with E-state index < -0.39 is 217 Å². The second-order valence-corrected chi connectivity index (χ2v) is 27.3. The van der Waals surface area contributed by atoms with Gasteiger partial charge in [0.25, 0.3) is 0 Å². The summed E-state index contributed by atoms with van der Waals surface area (Å²) in [5.41, 5.74) is -4.42. The largest absolute Gasteiger partial charge is 0.479 e. The first-order valence-electron chi connectivity index (χ1n) is 29.8. The van der Waals surface area contributed by atoms with E-state index in [0.29, 0.717) is 37.7 Å². The lowest BCUT2D eigenvalue weighted by Gasteiger charge is -2.72. The lowest BCUT2D eigenvalue weighted by Crippen LogP contribution is -2.72. The highest BCUT2D eigenvalue weighted by atomic mass is 16.8. The molecule has 30 atom stereocenters. The number of carboxylic acid groups (broad SMARTS) is 1. The van der Waals surface area contributed by atoms with Crippen molar-refractivity contribution < 1.29 is 133 Å². The van der Waals surface area contributed by atoms with E-state index in [1.165, 1.54) is 6.92 Å². The van der Waals surface area contributed by atoms with Crippen LogP contribution in [-0.4, -0.2) is 252 Å². The van der Waals surface area contributed by atoms with Gasteiger partial charge in [0.15, 0.2) is 31.3 Å². The Morgan fingerprint density at radius 3 is 1.94 bits per heavy atom. The van der Waals surface area contributed by atoms with Crippen LogP contribution in [-0.2, 0) is 66.5 Å². The number of hydrogen-bond acceptors (Lipinski definition) is 26. The Hall–Kier alpha value is -3.24. The molecule has 4 aliphatic heterocycles. The van der Waals surface area contributed by atoms with E-state index >= 15 is 0 Å². The van der Waals surface area contributed by atoms with Crippen molar-refractivity contribution >= 4 is 24.2 Å². The van der Waals surface area contributed by atoms with Gasteiger partial charge in [-0.15, -0.1) is 0 Å². The van der Waals surface area contributed by atoms with Crippen molar-refractivity contribution in [1.82, 2.24) is 0 Å². The van der Waals surface area contributed by atoms with Crippen LogP contribution in [0.25, 0.3) is 0 Å². The summed E-state index contributed by atoms with van der Waals surface area (Å²) in [6.45, 7) is 14.1. The van der Waals surface area contributed by atoms with E-state index in [9.17, 15) is 85.6 Å². The first-order valence-corrected chi connectivity index (χ1v) is 29.8. The molecule has 0 aromatic carbocycles. The third-order valence-corrected chi connectivity index (χ3v) is 22.2. The summed E-state index contributed by atoms with van der Waals surface area (Å²) >= 11 is 0. The fourth-order valence-electron chi connectivity index (χ4n) is 16.9. The maximum Gasteiger partial charge on any atom is 0.335 e. The highest BCUT2D eigenvalue weighted by molar-refractivity contribution is 5.87. The molecule has 0 bridgehead atoms. The van der Waals surface area contributed by atoms with Gasteiger partial charge >= 0.3 is 17.9 Å². The highest BCUT2D eigenvalue weighted by Crippen LogP contribution is 2.76. The van der Waals surface area contributed by atoms with Gasteiger partial charge in [0, 0.05) is 17.9 Å². The van der Waals surface area contributed by atoms with Gasteiger partial charge in [0.1, 0.15) is 104 Å². The number of rotatable bonds is 15. The van der Waals surface area contributed by atoms with Crippen LogP contribution in [0.5, 0.6) is 0 Å². The standard InChI is InChI=1S/C59H90O27/c1-10-24(2)49(76)86-47-46(73)59(23-79-25(3)62)27(17-54(47,4)5)26-11-12-32-55(6)15-14-34(56(7,22-61)31(55)13-16-57(32,8)58(26,9)18-33(59)65)81-53-45(85-51-40(71)38(69)37(68)30(19-60)80-51)42(41(72)43(83-53)48(74)75)82-52-44(36(67)29(64)21-78-52)84-50-39(70)35(66)28(63)20-77-50/h10-11,22,27-47,50-53,60,63-73H,12-21,23H2,1-9H3,(H,74,75)/b24-10+/t27?,28-,29+,30-,31?,32?,33-,34+,35+,36+,37+,38+,39-,40-,41+,42+,43+,44-,45-,46+,47+,50+,51+,52+,53-,55+,56?,57-,58-,59+/m1/s1. The second-order valence-electron chi connectivity index (χ2n) is 27.3. The molecule has 0 amide bonds. The van der Waals surface area contributed by atoms with E-state index in [4.69, 9.17) is 47.4 Å². The number of carboxylic acids is 1. The normalized spacial score (nSPS) is 51.1. The number of carbonyl (C=O) groups is 4. The zero-order chi connectivity index (χ0) is 63.3. The van der Waals surface area contributed by atoms with Gasteiger partial charge in [0.2, 0.25) is 0 Å². The van der Waals surface area contributed by atoms with Crippen molar-refractivity contribution in [1.29, 1.82) is 0 Å². The van der Waals surface area contributed by atoms with Crippen molar-refractivity contribution in [2.45, 2.75) is 242 Å². The Labute approximate surface area is 498 Å². The molecule has 5 aliphatic carbocycles. The highest BCUT2D eigenvalue weighted by Gasteiger charge is 2.74. The number of aliphatic hydroxyl groups excluding tert-OH is 12. The lowest BCUT2D eigenvalue weighted by molar-refractivity contribution is -0.398. The molecule has 4 saturated carbocycles. The van der Waals surface area contributed by atoms with Gasteiger partial charge in [-0.1, -0.05) is 59.3 Å². The van der Waals surface area contributed by atoms with Crippen molar-refractivity contribution in [2.24, 2.45) is 50.2 Å². The number of hydrogen-bond donors (Lipinski definition) is 13. The van der Waals surface area contributed by atoms with Crippen LogP contribution in [0.4, 0.5) is 0 Å². The topological polar surface area (TPSA) is 424 Å². The zero-order valence-corrected chi connectivity index (χ0v) is 50.0. The summed E-state index contributed by atoms with van der Waals surface area (Å²) in [5.74, 6) is -4.18. The van der Waals surface area contributed by atoms with Crippen molar-refractivity contribution in [3.8, 4) is 0 Å². The van der Waals surface area contributed by atoms with Gasteiger partial charge in [-0.25, -0.2) is 9.59 Å². The predicted molar refractivity (Wildman–Crippen MR) is 289 cm³/mol. The Morgan fingerprint density at radius 2 is 1.31 bits per heavy atom. The molecule has 9 rings (SSSR count). The third-order valence-electron chi connectivity index (χ3n) is 22.2. The number of carbonyl (C=O) groups excluding carboxylic acids is 3. The van der Waals surface area contributed by atoms with E-state index in [0.717, 1.165) is 11.9 Å². The predicted octanol–water partition coefficient (Wildman–Crippen LogP) is -2.01. The first kappa shape index (κ1) is 67.2. The van der Waals surface area contributed by atoms with Crippen LogP contribution in [0, 0.1) is 50.2 Å². The fraction of sp³-hybridized carbons (Fsp3) is 0.864. The third kappa shape index (κ3) is 11.0. The number of aliphatic hydroxyl groups is 12. The van der Waals surface area contributed by atoms with Crippen LogP contribution in [0.1, 0.15) is 107 Å². The number of allylic oxidation sites excluding steroid dienone is 3. The molecule has 0 spiro atoms. The molecule has 13 N–H and O–H groups in total. The SMILES string of the molecule is C/C=C(\C)C(=O)O[C@H]1[C@H](O)[C@@]2(COC(C)=O)C(CC1(C)C)C1=CCC3[C@@]4(C)CC[C@H](O[C@@H]5O[C@H](C(=O)O)[C@@H](O)[C@H](O[C@@H]6OC[C@H](O)[C@H](O)[C@H]6O[C@@H]6OC[C@@H](O)[C@H](O)[C@H]6O)[C@H]5O[C@@H]5O[C@H](CO)[C@H](O)[C@H](O)[C@H]5O)C(C)(C=O)C4CC[C@@]3(C)[C@]1(C)C[C@H]2O. The number of aliphatic carboxylic acids is 1. The van der Waals surface area contributed by atoms with Crippen LogP contribution >= 0.6 is 0 Å². The zero-order valence-electron chi connectivity index (χ0n) is 50.0. The van der Waals surface area contributed by atoms with Gasteiger partial charge in [-0.2, -0.15) is 0 Å². The summed E-state index contributed by atoms with van der Waals surface area (Å²) in [4.78, 5) is 53.3. The summed E-state index contributed by atoms with van der Waals surface area (Å²) in [6.07, 6.45) is -32.7. The molecule has 4 heterocycles. The molecule has 9 aliphatic rings. The first-order chi connectivity index (χ1) is 40.2. The second kappa shape index (κ2) is 24.8. The fourth-order valence-corrected chi connectivity index (χ4v) is 16.9. The molecule has 0 aromatic rings. The maximum atomic E-state index is 14.2. The van der Waals surface area contributed by atoms with E-state index in [1.807, 2.05) is 13.8 Å². The van der Waals surface area contributed by atoms with Gasteiger partial charge in [-0.3, -0.25) is 4.79 Å². The molecule has 0 aromatic heterocycles. The molecular weight excluding hydrogens is 1140 g/mol. The van der Waals surface area contributed by atoms with Gasteiger partial charge < -0.3 is 119 Å². The van der Waals surface area contributed by atoms with Crippen LogP contribution in [0.15, 0.2) is 23.3 Å². The maximum absolute atomic E-state index is 14.2.